The Morgan fingerprint density at radius 2 is 1.69 bits per heavy atom. The van der Waals surface area contributed by atoms with Gasteiger partial charge in [0.25, 0.3) is 0 Å². The van der Waals surface area contributed by atoms with Crippen molar-refractivity contribution >= 4 is 29.9 Å². The SMILES string of the molecule is CNC1CCN(C(=O)C2CC(=O)N(c3c(C)cc(C)cc3C)C2)CC1.Cl. The molecule has 6 heteroatoms. The Labute approximate surface area is 162 Å². The second-order valence-electron chi connectivity index (χ2n) is 7.54. The smallest absolute Gasteiger partial charge is 0.228 e. The molecule has 2 saturated heterocycles. The lowest BCUT2D eigenvalue weighted by Crippen LogP contribution is -2.46. The van der Waals surface area contributed by atoms with Crippen LogP contribution in [0.2, 0.25) is 0 Å². The summed E-state index contributed by atoms with van der Waals surface area (Å²) in [6.45, 7) is 8.24. The van der Waals surface area contributed by atoms with Crippen LogP contribution in [-0.4, -0.2) is 49.4 Å². The van der Waals surface area contributed by atoms with Gasteiger partial charge in [-0.05, 0) is 51.8 Å². The Balaban J connectivity index is 0.00000243. The zero-order chi connectivity index (χ0) is 18.1. The number of benzene rings is 1. The summed E-state index contributed by atoms with van der Waals surface area (Å²) in [7, 11) is 1.97. The van der Waals surface area contributed by atoms with Gasteiger partial charge in [0.1, 0.15) is 0 Å². The van der Waals surface area contributed by atoms with Crippen molar-refractivity contribution in [3.05, 3.63) is 28.8 Å². The van der Waals surface area contributed by atoms with E-state index >= 15 is 0 Å². The van der Waals surface area contributed by atoms with Gasteiger partial charge in [-0.3, -0.25) is 9.59 Å². The van der Waals surface area contributed by atoms with Crippen LogP contribution in [0.3, 0.4) is 0 Å². The number of carbonyl (C=O) groups is 2. The highest BCUT2D eigenvalue weighted by Gasteiger charge is 2.38. The minimum atomic E-state index is -0.210. The molecule has 0 aliphatic carbocycles. The molecule has 1 aromatic rings. The Bertz CT molecular complexity index is 661. The summed E-state index contributed by atoms with van der Waals surface area (Å²) < 4.78 is 0. The fourth-order valence-electron chi connectivity index (χ4n) is 4.33. The van der Waals surface area contributed by atoms with Gasteiger partial charge in [0.2, 0.25) is 11.8 Å². The third kappa shape index (κ3) is 4.04. The third-order valence-electron chi connectivity index (χ3n) is 5.59. The summed E-state index contributed by atoms with van der Waals surface area (Å²) in [5, 5.41) is 3.29. The molecule has 2 amide bonds. The van der Waals surface area contributed by atoms with Crippen molar-refractivity contribution in [3.8, 4) is 0 Å². The first-order chi connectivity index (χ1) is 11.9. The maximum atomic E-state index is 12.9. The molecule has 0 bridgehead atoms. The average molecular weight is 380 g/mol. The number of anilines is 1. The number of aryl methyl sites for hydroxylation is 3. The van der Waals surface area contributed by atoms with Crippen LogP contribution >= 0.6 is 12.4 Å². The third-order valence-corrected chi connectivity index (χ3v) is 5.59. The fraction of sp³-hybridized carbons (Fsp3) is 0.600. The van der Waals surface area contributed by atoms with E-state index in [-0.39, 0.29) is 30.1 Å². The van der Waals surface area contributed by atoms with Crippen LogP contribution in [0.25, 0.3) is 0 Å². The molecular weight excluding hydrogens is 350 g/mol. The molecule has 0 radical (unpaired) electrons. The van der Waals surface area contributed by atoms with Crippen LogP contribution in [0, 0.1) is 26.7 Å². The number of nitrogens with zero attached hydrogens (tertiary/aromatic N) is 2. The molecule has 2 aliphatic heterocycles. The second-order valence-corrected chi connectivity index (χ2v) is 7.54. The summed E-state index contributed by atoms with van der Waals surface area (Å²) >= 11 is 0. The first-order valence-electron chi connectivity index (χ1n) is 9.25. The van der Waals surface area contributed by atoms with Crippen molar-refractivity contribution in [1.29, 1.82) is 0 Å². The van der Waals surface area contributed by atoms with E-state index in [0.29, 0.717) is 19.0 Å². The Kier molecular flexibility index (Phi) is 6.69. The van der Waals surface area contributed by atoms with E-state index < -0.39 is 0 Å². The molecule has 144 valence electrons. The lowest BCUT2D eigenvalue weighted by atomic mass is 10.0. The first kappa shape index (κ1) is 20.7. The molecule has 0 aromatic heterocycles. The maximum absolute atomic E-state index is 12.9. The van der Waals surface area contributed by atoms with Gasteiger partial charge in [-0.2, -0.15) is 0 Å². The molecule has 26 heavy (non-hydrogen) atoms. The maximum Gasteiger partial charge on any atom is 0.228 e. The van der Waals surface area contributed by atoms with Crippen molar-refractivity contribution in [2.24, 2.45) is 5.92 Å². The molecular formula is C20H30ClN3O2. The first-order valence-corrected chi connectivity index (χ1v) is 9.25. The van der Waals surface area contributed by atoms with Crippen molar-refractivity contribution in [3.63, 3.8) is 0 Å². The highest BCUT2D eigenvalue weighted by molar-refractivity contribution is 6.01. The summed E-state index contributed by atoms with van der Waals surface area (Å²) in [4.78, 5) is 29.2. The topological polar surface area (TPSA) is 52.7 Å². The van der Waals surface area contributed by atoms with Crippen LogP contribution < -0.4 is 10.2 Å². The van der Waals surface area contributed by atoms with E-state index in [1.807, 2.05) is 30.7 Å². The molecule has 1 N–H and O–H groups in total. The predicted octanol–water partition coefficient (Wildman–Crippen LogP) is 2.60. The highest BCUT2D eigenvalue weighted by Crippen LogP contribution is 2.32. The van der Waals surface area contributed by atoms with Crippen LogP contribution in [0.4, 0.5) is 5.69 Å². The lowest BCUT2D eigenvalue weighted by molar-refractivity contribution is -0.136. The molecule has 2 heterocycles. The summed E-state index contributed by atoms with van der Waals surface area (Å²) in [6, 6.07) is 4.71. The number of piperidine rings is 1. The predicted molar refractivity (Wildman–Crippen MR) is 107 cm³/mol. The fourth-order valence-corrected chi connectivity index (χ4v) is 4.33. The van der Waals surface area contributed by atoms with Gasteiger partial charge >= 0.3 is 0 Å². The van der Waals surface area contributed by atoms with Crippen LogP contribution in [0.5, 0.6) is 0 Å². The second kappa shape index (κ2) is 8.40. The van der Waals surface area contributed by atoms with E-state index in [9.17, 15) is 9.59 Å². The summed E-state index contributed by atoms with van der Waals surface area (Å²) in [5.74, 6) is 0.00470. The number of amides is 2. The number of hydrogen-bond donors (Lipinski definition) is 1. The van der Waals surface area contributed by atoms with Gasteiger partial charge in [0.15, 0.2) is 0 Å². The van der Waals surface area contributed by atoms with E-state index in [2.05, 4.69) is 24.4 Å². The number of nitrogens with one attached hydrogen (secondary N) is 1. The molecule has 3 rings (SSSR count). The summed E-state index contributed by atoms with van der Waals surface area (Å²) in [6.07, 6.45) is 2.31. The quantitative estimate of drug-likeness (QED) is 0.878. The molecule has 2 fully saturated rings. The molecule has 1 aromatic carbocycles. The van der Waals surface area contributed by atoms with Gasteiger partial charge in [-0.15, -0.1) is 12.4 Å². The molecule has 0 spiro atoms. The monoisotopic (exact) mass is 379 g/mol. The van der Waals surface area contributed by atoms with Crippen molar-refractivity contribution in [2.45, 2.75) is 46.1 Å². The van der Waals surface area contributed by atoms with E-state index in [0.717, 1.165) is 42.7 Å². The highest BCUT2D eigenvalue weighted by atomic mass is 35.5. The minimum Gasteiger partial charge on any atom is -0.342 e. The van der Waals surface area contributed by atoms with Crippen LogP contribution in [0.1, 0.15) is 36.0 Å². The molecule has 5 nitrogen and oxygen atoms in total. The summed E-state index contributed by atoms with van der Waals surface area (Å²) in [5.41, 5.74) is 4.40. The number of halogens is 1. The number of likely N-dealkylation sites (tertiary alicyclic amines) is 1. The zero-order valence-electron chi connectivity index (χ0n) is 16.2. The van der Waals surface area contributed by atoms with Crippen molar-refractivity contribution in [1.82, 2.24) is 10.2 Å². The van der Waals surface area contributed by atoms with Gasteiger partial charge in [0, 0.05) is 37.8 Å². The van der Waals surface area contributed by atoms with Crippen molar-refractivity contribution in [2.75, 3.05) is 31.6 Å². The lowest BCUT2D eigenvalue weighted by Gasteiger charge is -2.33. The normalized spacial score (nSPS) is 21.1. The molecule has 0 saturated carbocycles. The largest absolute Gasteiger partial charge is 0.342 e. The number of hydrogen-bond acceptors (Lipinski definition) is 3. The Morgan fingerprint density at radius 1 is 1.12 bits per heavy atom. The van der Waals surface area contributed by atoms with Gasteiger partial charge in [0.05, 0.1) is 5.92 Å². The van der Waals surface area contributed by atoms with E-state index in [4.69, 9.17) is 0 Å². The standard InChI is InChI=1S/C20H29N3O2.ClH/c1-13-9-14(2)19(15(3)10-13)23-12-16(11-18(23)24)20(25)22-7-5-17(21-4)6-8-22;/h9-10,16-17,21H,5-8,11-12H2,1-4H3;1H. The van der Waals surface area contributed by atoms with E-state index in [1.165, 1.54) is 5.56 Å². The molecule has 1 unspecified atom stereocenters. The van der Waals surface area contributed by atoms with Gasteiger partial charge in [-0.1, -0.05) is 17.7 Å². The molecule has 2 aliphatic rings. The molecule has 1 atom stereocenters. The van der Waals surface area contributed by atoms with Gasteiger partial charge in [-0.25, -0.2) is 0 Å². The van der Waals surface area contributed by atoms with Crippen LogP contribution in [-0.2, 0) is 9.59 Å². The number of rotatable bonds is 3. The Hall–Kier alpha value is -1.59. The van der Waals surface area contributed by atoms with Crippen molar-refractivity contribution < 1.29 is 9.59 Å². The van der Waals surface area contributed by atoms with E-state index in [1.54, 1.807) is 0 Å². The Morgan fingerprint density at radius 3 is 2.23 bits per heavy atom. The number of carbonyl (C=O) groups excluding carboxylic acids is 2. The zero-order valence-corrected chi connectivity index (χ0v) is 17.0. The van der Waals surface area contributed by atoms with Crippen LogP contribution in [0.15, 0.2) is 12.1 Å². The minimum absolute atomic E-state index is 0. The average Bonchev–Trinajstić information content (AvgIpc) is 2.95. The van der Waals surface area contributed by atoms with Gasteiger partial charge < -0.3 is 15.1 Å².